The largest absolute Gasteiger partial charge is 0.499 e. The van der Waals surface area contributed by atoms with E-state index in [0.29, 0.717) is 6.07 Å². The van der Waals surface area contributed by atoms with Crippen molar-refractivity contribution >= 4 is 11.1 Å². The van der Waals surface area contributed by atoms with Crippen LogP contribution in [0.3, 0.4) is 0 Å². The molecule has 1 rings (SSSR count). The molecule has 9 heteroatoms. The molecule has 0 aliphatic rings. The van der Waals surface area contributed by atoms with Crippen molar-refractivity contribution in [3.8, 4) is 5.75 Å². The fraction of sp³-hybridized carbons (Fsp3) is 0.250. The third-order valence-electron chi connectivity index (χ3n) is 1.58. The molecule has 0 aliphatic heterocycles. The minimum Gasteiger partial charge on any atom is -0.426 e. The van der Waals surface area contributed by atoms with Gasteiger partial charge in [-0.05, 0) is 18.2 Å². The predicted octanol–water partition coefficient (Wildman–Crippen LogP) is 2.80. The van der Waals surface area contributed by atoms with Crippen LogP contribution in [0, 0.1) is 0 Å². The molecule has 0 heterocycles. The molecule has 1 atom stereocenters. The van der Waals surface area contributed by atoms with Crippen LogP contribution in [0.25, 0.3) is 0 Å². The highest BCUT2D eigenvalue weighted by atomic mass is 32.2. The Balaban J connectivity index is 2.96. The van der Waals surface area contributed by atoms with E-state index in [4.69, 9.17) is 4.55 Å². The van der Waals surface area contributed by atoms with Gasteiger partial charge in [0.25, 0.3) is 0 Å². The van der Waals surface area contributed by atoms with Crippen molar-refractivity contribution in [3.63, 3.8) is 0 Å². The molecule has 1 aromatic rings. The van der Waals surface area contributed by atoms with Crippen molar-refractivity contribution in [2.45, 2.75) is 17.2 Å². The number of hydrogen-bond acceptors (Lipinski definition) is 2. The second kappa shape index (κ2) is 4.57. The van der Waals surface area contributed by atoms with Crippen LogP contribution in [0.5, 0.6) is 5.75 Å². The Bertz CT molecular complexity index is 431. The van der Waals surface area contributed by atoms with E-state index < -0.39 is 29.1 Å². The molecule has 1 aromatic carbocycles. The Morgan fingerprint density at radius 3 is 2.24 bits per heavy atom. The van der Waals surface area contributed by atoms with Gasteiger partial charge in [0, 0.05) is 0 Å². The van der Waals surface area contributed by atoms with Gasteiger partial charge in [0.2, 0.25) is 0 Å². The van der Waals surface area contributed by atoms with Gasteiger partial charge in [-0.1, -0.05) is 6.07 Å². The average Bonchev–Trinajstić information content (AvgIpc) is 2.15. The maximum Gasteiger partial charge on any atom is 0.499 e. The van der Waals surface area contributed by atoms with Gasteiger partial charge in [0.05, 0.1) is 4.90 Å². The molecule has 0 fully saturated rings. The highest BCUT2D eigenvalue weighted by Crippen LogP contribution is 2.37. The summed E-state index contributed by atoms with van der Waals surface area (Å²) in [4.78, 5) is -0.347. The second-order valence-corrected chi connectivity index (χ2v) is 3.81. The maximum atomic E-state index is 12.5. The van der Waals surface area contributed by atoms with Gasteiger partial charge in [-0.15, -0.1) is 0 Å². The van der Waals surface area contributed by atoms with Crippen molar-refractivity contribution in [2.24, 2.45) is 0 Å². The Kier molecular flexibility index (Phi) is 3.72. The maximum absolute atomic E-state index is 12.5. The summed E-state index contributed by atoms with van der Waals surface area (Å²) >= 11 is -2.49. The van der Waals surface area contributed by atoms with Crippen molar-refractivity contribution in [1.29, 1.82) is 0 Å². The van der Waals surface area contributed by atoms with Gasteiger partial charge in [-0.2, -0.15) is 22.0 Å². The molecule has 0 saturated heterocycles. The molecule has 96 valence electrons. The van der Waals surface area contributed by atoms with Gasteiger partial charge >= 0.3 is 12.3 Å². The number of ether oxygens (including phenoxy) is 1. The van der Waals surface area contributed by atoms with Crippen LogP contribution in [0.15, 0.2) is 29.2 Å². The summed E-state index contributed by atoms with van der Waals surface area (Å²) in [7, 11) is 0. The molecule has 0 spiro atoms. The molecule has 1 unspecified atom stereocenters. The summed E-state index contributed by atoms with van der Waals surface area (Å²) in [6.45, 7) is 0. The lowest BCUT2D eigenvalue weighted by Gasteiger charge is -2.20. The minimum absolute atomic E-state index is 0.347. The zero-order chi connectivity index (χ0) is 13.3. The molecule has 0 aliphatic carbocycles. The molecular weight excluding hydrogens is 271 g/mol. The van der Waals surface area contributed by atoms with Crippen molar-refractivity contribution in [2.75, 3.05) is 0 Å². The first kappa shape index (κ1) is 13.8. The van der Waals surface area contributed by atoms with Gasteiger partial charge in [0.1, 0.15) is 5.75 Å². The molecule has 0 radical (unpaired) electrons. The van der Waals surface area contributed by atoms with Crippen molar-refractivity contribution in [1.82, 2.24) is 0 Å². The van der Waals surface area contributed by atoms with E-state index in [2.05, 4.69) is 4.74 Å². The number of rotatable bonds is 3. The first-order valence-electron chi connectivity index (χ1n) is 3.98. The third kappa shape index (κ3) is 3.37. The second-order valence-electron chi connectivity index (χ2n) is 2.84. The zero-order valence-electron chi connectivity index (χ0n) is 7.87. The molecule has 1 N–H and O–H groups in total. The van der Waals surface area contributed by atoms with Crippen LogP contribution < -0.4 is 4.74 Å². The normalized spacial score (nSPS) is 14.5. The van der Waals surface area contributed by atoms with Gasteiger partial charge in [-0.25, -0.2) is 4.21 Å². The number of alkyl halides is 5. The Morgan fingerprint density at radius 2 is 1.76 bits per heavy atom. The van der Waals surface area contributed by atoms with Crippen LogP contribution in [0.1, 0.15) is 0 Å². The van der Waals surface area contributed by atoms with E-state index in [1.807, 2.05) is 0 Å². The van der Waals surface area contributed by atoms with Crippen LogP contribution in [0.2, 0.25) is 0 Å². The smallest absolute Gasteiger partial charge is 0.426 e. The lowest BCUT2D eigenvalue weighted by Crippen LogP contribution is -2.41. The summed E-state index contributed by atoms with van der Waals surface area (Å²) in [5.41, 5.74) is 0. The fourth-order valence-electron chi connectivity index (χ4n) is 0.852. The molecule has 0 aromatic heterocycles. The van der Waals surface area contributed by atoms with Gasteiger partial charge in [0.15, 0.2) is 11.1 Å². The van der Waals surface area contributed by atoms with E-state index in [1.165, 1.54) is 0 Å². The lowest BCUT2D eigenvalue weighted by atomic mass is 10.3. The van der Waals surface area contributed by atoms with E-state index >= 15 is 0 Å². The Morgan fingerprint density at radius 1 is 1.18 bits per heavy atom. The third-order valence-corrected chi connectivity index (χ3v) is 2.24. The Hall–Kier alpha value is -1.22. The van der Waals surface area contributed by atoms with Crippen molar-refractivity contribution < 1.29 is 35.5 Å². The molecule has 17 heavy (non-hydrogen) atoms. The quantitative estimate of drug-likeness (QED) is 0.682. The summed E-state index contributed by atoms with van der Waals surface area (Å²) in [6.07, 6.45) is -11.2. The number of benzene rings is 1. The van der Waals surface area contributed by atoms with Crippen LogP contribution in [0.4, 0.5) is 22.0 Å². The summed E-state index contributed by atoms with van der Waals surface area (Å²) in [5.74, 6) is -0.854. The van der Waals surface area contributed by atoms with Crippen LogP contribution in [-0.2, 0) is 11.1 Å². The minimum atomic E-state index is -5.86. The zero-order valence-corrected chi connectivity index (χ0v) is 8.69. The average molecular weight is 276 g/mol. The lowest BCUT2D eigenvalue weighted by molar-refractivity contribution is -0.360. The van der Waals surface area contributed by atoms with E-state index in [9.17, 15) is 26.2 Å². The topological polar surface area (TPSA) is 46.5 Å². The highest BCUT2D eigenvalue weighted by Gasteiger charge is 2.61. The van der Waals surface area contributed by atoms with Crippen LogP contribution in [-0.4, -0.2) is 21.0 Å². The first-order valence-corrected chi connectivity index (χ1v) is 5.08. The summed E-state index contributed by atoms with van der Waals surface area (Å²) in [5, 5.41) is 0. The highest BCUT2D eigenvalue weighted by molar-refractivity contribution is 7.79. The van der Waals surface area contributed by atoms with E-state index in [0.717, 1.165) is 18.2 Å². The van der Waals surface area contributed by atoms with Gasteiger partial charge < -0.3 is 9.29 Å². The summed E-state index contributed by atoms with van der Waals surface area (Å²) in [6, 6.07) is 3.53. The van der Waals surface area contributed by atoms with Crippen LogP contribution >= 0.6 is 0 Å². The standard InChI is InChI=1S/C8H5F5O3S/c9-7(10,11)8(12,13)16-5-2-1-3-6(4-5)17(14)15/h1-4H,(H,14,15). The summed E-state index contributed by atoms with van der Waals surface area (Å²) < 4.78 is 82.9. The molecular formula is C8H5F5O3S. The van der Waals surface area contributed by atoms with E-state index in [-0.39, 0.29) is 4.90 Å². The number of halogens is 5. The first-order chi connectivity index (χ1) is 7.63. The van der Waals surface area contributed by atoms with Crippen molar-refractivity contribution in [3.05, 3.63) is 24.3 Å². The van der Waals surface area contributed by atoms with E-state index in [1.54, 1.807) is 0 Å². The number of hydrogen-bond donors (Lipinski definition) is 1. The molecule has 0 saturated carbocycles. The molecule has 0 bridgehead atoms. The molecule has 3 nitrogen and oxygen atoms in total. The fourth-order valence-corrected chi connectivity index (χ4v) is 1.26. The van der Waals surface area contributed by atoms with Gasteiger partial charge in [-0.3, -0.25) is 0 Å². The SMILES string of the molecule is O=S(O)c1cccc(OC(F)(F)C(F)(F)F)c1. The molecule has 0 amide bonds. The monoisotopic (exact) mass is 276 g/mol. The predicted molar refractivity (Wildman–Crippen MR) is 47.1 cm³/mol. The Labute approximate surface area is 94.5 Å².